The lowest BCUT2D eigenvalue weighted by atomic mass is 10.0. The normalized spacial score (nSPS) is 15.9. The van der Waals surface area contributed by atoms with Gasteiger partial charge in [0.05, 0.1) is 0 Å². The molecule has 2 heterocycles. The van der Waals surface area contributed by atoms with E-state index < -0.39 is 16.1 Å². The summed E-state index contributed by atoms with van der Waals surface area (Å²) in [6.07, 6.45) is 2.41. The molecule has 1 fully saturated rings. The molecular weight excluding hydrogens is 382 g/mol. The van der Waals surface area contributed by atoms with Crippen LogP contribution < -0.4 is 14.9 Å². The Kier molecular flexibility index (Phi) is 6.18. The number of rotatable bonds is 7. The van der Waals surface area contributed by atoms with Gasteiger partial charge in [-0.25, -0.2) is 8.42 Å². The second-order valence-electron chi connectivity index (χ2n) is 7.01. The molecule has 1 unspecified atom stereocenters. The SMILES string of the molecule is CC(C)C(NS(=O)(=O)c1cccs1)C(=O)Nc1ccc(N2CCCC2)cc1. The van der Waals surface area contributed by atoms with Crippen LogP contribution in [0.4, 0.5) is 11.4 Å². The van der Waals surface area contributed by atoms with Crippen molar-refractivity contribution in [3.8, 4) is 0 Å². The summed E-state index contributed by atoms with van der Waals surface area (Å²) in [5, 5.41) is 4.52. The number of anilines is 2. The number of thiophene rings is 1. The Bertz CT molecular complexity index is 856. The molecule has 8 heteroatoms. The first-order chi connectivity index (χ1) is 12.9. The van der Waals surface area contributed by atoms with Gasteiger partial charge < -0.3 is 10.2 Å². The predicted octanol–water partition coefficient (Wildman–Crippen LogP) is 3.29. The minimum absolute atomic E-state index is 0.191. The average molecular weight is 408 g/mol. The van der Waals surface area contributed by atoms with Gasteiger partial charge in [-0.15, -0.1) is 11.3 Å². The van der Waals surface area contributed by atoms with Gasteiger partial charge in [-0.05, 0) is 54.5 Å². The van der Waals surface area contributed by atoms with Gasteiger partial charge in [0.15, 0.2) is 0 Å². The van der Waals surface area contributed by atoms with E-state index in [1.807, 2.05) is 38.1 Å². The molecule has 0 spiro atoms. The minimum Gasteiger partial charge on any atom is -0.372 e. The lowest BCUT2D eigenvalue weighted by Crippen LogP contribution is -2.46. The van der Waals surface area contributed by atoms with Crippen molar-refractivity contribution in [3.05, 3.63) is 41.8 Å². The first-order valence-corrected chi connectivity index (χ1v) is 11.4. The molecule has 27 heavy (non-hydrogen) atoms. The molecule has 0 radical (unpaired) electrons. The Morgan fingerprint density at radius 3 is 2.33 bits per heavy atom. The van der Waals surface area contributed by atoms with Crippen LogP contribution in [-0.4, -0.2) is 33.5 Å². The quantitative estimate of drug-likeness (QED) is 0.738. The van der Waals surface area contributed by atoms with Crippen LogP contribution in [0.3, 0.4) is 0 Å². The first-order valence-electron chi connectivity index (χ1n) is 9.08. The van der Waals surface area contributed by atoms with Gasteiger partial charge >= 0.3 is 0 Å². The highest BCUT2D eigenvalue weighted by atomic mass is 32.2. The second kappa shape index (κ2) is 8.41. The number of hydrogen-bond acceptors (Lipinski definition) is 5. The van der Waals surface area contributed by atoms with E-state index in [0.717, 1.165) is 30.1 Å². The summed E-state index contributed by atoms with van der Waals surface area (Å²) >= 11 is 1.13. The van der Waals surface area contributed by atoms with Crippen LogP contribution in [0.2, 0.25) is 0 Å². The standard InChI is InChI=1S/C19H25N3O3S2/c1-14(2)18(21-27(24,25)17-6-5-13-26-17)19(23)20-15-7-9-16(10-8-15)22-11-3-4-12-22/h5-10,13-14,18,21H,3-4,11-12H2,1-2H3,(H,20,23). The number of nitrogens with zero attached hydrogens (tertiary/aromatic N) is 1. The van der Waals surface area contributed by atoms with Crippen LogP contribution in [-0.2, 0) is 14.8 Å². The summed E-state index contributed by atoms with van der Waals surface area (Å²) in [5.74, 6) is -0.553. The van der Waals surface area contributed by atoms with Crippen molar-refractivity contribution in [2.45, 2.75) is 36.9 Å². The lowest BCUT2D eigenvalue weighted by Gasteiger charge is -2.22. The third-order valence-electron chi connectivity index (χ3n) is 4.60. The fourth-order valence-corrected chi connectivity index (χ4v) is 5.44. The molecule has 0 saturated carbocycles. The van der Waals surface area contributed by atoms with Crippen molar-refractivity contribution in [3.63, 3.8) is 0 Å². The maximum Gasteiger partial charge on any atom is 0.250 e. The number of carbonyl (C=O) groups excluding carboxylic acids is 1. The minimum atomic E-state index is -3.72. The van der Waals surface area contributed by atoms with Crippen LogP contribution in [0.1, 0.15) is 26.7 Å². The van der Waals surface area contributed by atoms with E-state index in [1.54, 1.807) is 11.4 Å². The highest BCUT2D eigenvalue weighted by molar-refractivity contribution is 7.91. The lowest BCUT2D eigenvalue weighted by molar-refractivity contribution is -0.118. The van der Waals surface area contributed by atoms with Crippen molar-refractivity contribution < 1.29 is 13.2 Å². The number of sulfonamides is 1. The molecule has 1 aromatic heterocycles. The van der Waals surface area contributed by atoms with E-state index in [2.05, 4.69) is 14.9 Å². The monoisotopic (exact) mass is 407 g/mol. The highest BCUT2D eigenvalue weighted by Crippen LogP contribution is 2.23. The molecule has 1 saturated heterocycles. The van der Waals surface area contributed by atoms with E-state index in [9.17, 15) is 13.2 Å². The van der Waals surface area contributed by atoms with Crippen molar-refractivity contribution in [1.29, 1.82) is 0 Å². The number of benzene rings is 1. The zero-order valence-corrected chi connectivity index (χ0v) is 17.1. The molecular formula is C19H25N3O3S2. The van der Waals surface area contributed by atoms with Gasteiger partial charge in [-0.3, -0.25) is 4.79 Å². The van der Waals surface area contributed by atoms with Crippen LogP contribution in [0.5, 0.6) is 0 Å². The molecule has 6 nitrogen and oxygen atoms in total. The highest BCUT2D eigenvalue weighted by Gasteiger charge is 2.29. The second-order valence-corrected chi connectivity index (χ2v) is 9.89. The molecule has 2 aromatic rings. The van der Waals surface area contributed by atoms with Crippen molar-refractivity contribution in [2.24, 2.45) is 5.92 Å². The average Bonchev–Trinajstić information content (AvgIpc) is 3.33. The van der Waals surface area contributed by atoms with E-state index in [0.29, 0.717) is 5.69 Å². The zero-order chi connectivity index (χ0) is 19.4. The van der Waals surface area contributed by atoms with Crippen molar-refractivity contribution in [1.82, 2.24) is 4.72 Å². The molecule has 2 N–H and O–H groups in total. The molecule has 146 valence electrons. The Hall–Kier alpha value is -1.90. The number of nitrogens with one attached hydrogen (secondary N) is 2. The smallest absolute Gasteiger partial charge is 0.250 e. The largest absolute Gasteiger partial charge is 0.372 e. The molecule has 1 aromatic carbocycles. The summed E-state index contributed by atoms with van der Waals surface area (Å²) in [6, 6.07) is 10.0. The van der Waals surface area contributed by atoms with Gasteiger partial charge in [0.25, 0.3) is 10.0 Å². The van der Waals surface area contributed by atoms with Crippen LogP contribution in [0.25, 0.3) is 0 Å². The maximum atomic E-state index is 12.7. The molecule has 1 aliphatic heterocycles. The molecule has 1 amide bonds. The van der Waals surface area contributed by atoms with E-state index >= 15 is 0 Å². The Labute approximate surface area is 164 Å². The first kappa shape index (κ1) is 19.9. The Balaban J connectivity index is 1.68. The van der Waals surface area contributed by atoms with Crippen molar-refractivity contribution >= 4 is 38.6 Å². The topological polar surface area (TPSA) is 78.5 Å². The molecule has 3 rings (SSSR count). The number of hydrogen-bond donors (Lipinski definition) is 2. The summed E-state index contributed by atoms with van der Waals surface area (Å²) in [4.78, 5) is 15.0. The van der Waals surface area contributed by atoms with Gasteiger partial charge in [-0.2, -0.15) is 4.72 Å². The number of amides is 1. The van der Waals surface area contributed by atoms with Crippen LogP contribution in [0.15, 0.2) is 46.0 Å². The van der Waals surface area contributed by atoms with Crippen LogP contribution in [0, 0.1) is 5.92 Å². The Morgan fingerprint density at radius 1 is 1.11 bits per heavy atom. The van der Waals surface area contributed by atoms with Gasteiger partial charge in [0, 0.05) is 24.5 Å². The fourth-order valence-electron chi connectivity index (χ4n) is 3.08. The molecule has 1 atom stereocenters. The summed E-state index contributed by atoms with van der Waals surface area (Å²) in [6.45, 7) is 5.76. The zero-order valence-electron chi connectivity index (χ0n) is 15.5. The van der Waals surface area contributed by atoms with E-state index in [1.165, 1.54) is 18.9 Å². The third kappa shape index (κ3) is 4.88. The van der Waals surface area contributed by atoms with Gasteiger partial charge in [0.2, 0.25) is 5.91 Å². The molecule has 0 aliphatic carbocycles. The van der Waals surface area contributed by atoms with Crippen LogP contribution >= 0.6 is 11.3 Å². The van der Waals surface area contributed by atoms with E-state index in [4.69, 9.17) is 0 Å². The van der Waals surface area contributed by atoms with Crippen molar-refractivity contribution in [2.75, 3.05) is 23.3 Å². The summed E-state index contributed by atoms with van der Waals surface area (Å²) in [5.41, 5.74) is 1.80. The molecule has 1 aliphatic rings. The molecule has 0 bridgehead atoms. The fraction of sp³-hybridized carbons (Fsp3) is 0.421. The number of carbonyl (C=O) groups is 1. The van der Waals surface area contributed by atoms with E-state index in [-0.39, 0.29) is 16.0 Å². The Morgan fingerprint density at radius 2 is 1.78 bits per heavy atom. The predicted molar refractivity (Wildman–Crippen MR) is 110 cm³/mol. The van der Waals surface area contributed by atoms with Gasteiger partial charge in [0.1, 0.15) is 10.3 Å². The van der Waals surface area contributed by atoms with Gasteiger partial charge in [-0.1, -0.05) is 19.9 Å². The maximum absolute atomic E-state index is 12.7. The summed E-state index contributed by atoms with van der Waals surface area (Å²) < 4.78 is 27.7. The third-order valence-corrected chi connectivity index (χ3v) is 7.44. The summed E-state index contributed by atoms with van der Waals surface area (Å²) in [7, 11) is -3.72.